The van der Waals surface area contributed by atoms with Gasteiger partial charge in [0.1, 0.15) is 36.5 Å². The van der Waals surface area contributed by atoms with Crippen LogP contribution in [0.3, 0.4) is 0 Å². The summed E-state index contributed by atoms with van der Waals surface area (Å²) < 4.78 is 18.2. The number of fused-ring (bicyclic) bond motifs is 1. The van der Waals surface area contributed by atoms with Crippen LogP contribution >= 0.6 is 0 Å². The third kappa shape index (κ3) is 6.25. The zero-order valence-electron chi connectivity index (χ0n) is 20.4. The first-order chi connectivity index (χ1) is 17.7. The Kier molecular flexibility index (Phi) is 7.49. The van der Waals surface area contributed by atoms with Crippen molar-refractivity contribution >= 4 is 0 Å². The number of pyridine rings is 1. The second-order valence-corrected chi connectivity index (χ2v) is 8.86. The van der Waals surface area contributed by atoms with Crippen LogP contribution in [0, 0.1) is 11.8 Å². The average Bonchev–Trinajstić information content (AvgIpc) is 3.34. The van der Waals surface area contributed by atoms with Crippen molar-refractivity contribution in [3.63, 3.8) is 0 Å². The van der Waals surface area contributed by atoms with E-state index in [0.717, 1.165) is 36.1 Å². The van der Waals surface area contributed by atoms with Crippen LogP contribution in [0.15, 0.2) is 91.0 Å². The van der Waals surface area contributed by atoms with Gasteiger partial charge in [-0.1, -0.05) is 79.9 Å². The Balaban J connectivity index is 1.31. The van der Waals surface area contributed by atoms with Crippen molar-refractivity contribution in [1.29, 1.82) is 0 Å². The molecule has 0 saturated heterocycles. The smallest absolute Gasteiger partial charge is 0.218 e. The molecule has 0 bridgehead atoms. The van der Waals surface area contributed by atoms with Gasteiger partial charge in [0.25, 0.3) is 0 Å². The Morgan fingerprint density at radius 2 is 1.67 bits per heavy atom. The molecular weight excluding hydrogens is 446 g/mol. The third-order valence-corrected chi connectivity index (χ3v) is 5.98. The van der Waals surface area contributed by atoms with Gasteiger partial charge in [0.15, 0.2) is 0 Å². The van der Waals surface area contributed by atoms with E-state index in [9.17, 15) is 0 Å². The van der Waals surface area contributed by atoms with Gasteiger partial charge in [-0.15, -0.1) is 0 Å². The van der Waals surface area contributed by atoms with Crippen molar-refractivity contribution < 1.29 is 14.2 Å². The van der Waals surface area contributed by atoms with E-state index in [0.29, 0.717) is 30.5 Å². The number of aryl methyl sites for hydroxylation is 1. The van der Waals surface area contributed by atoms with Crippen molar-refractivity contribution in [2.75, 3.05) is 6.61 Å². The Labute approximate surface area is 212 Å². The number of hydrogen-bond acceptors (Lipinski definition) is 4. The molecule has 1 unspecified atom stereocenters. The fourth-order valence-electron chi connectivity index (χ4n) is 4.15. The normalized spacial score (nSPS) is 13.8. The summed E-state index contributed by atoms with van der Waals surface area (Å²) in [6, 6.07) is 30.2. The monoisotopic (exact) mass is 475 g/mol. The average molecular weight is 476 g/mol. The van der Waals surface area contributed by atoms with E-state index in [2.05, 4.69) is 54.1 Å². The number of benzene rings is 3. The predicted molar refractivity (Wildman–Crippen MR) is 141 cm³/mol. The summed E-state index contributed by atoms with van der Waals surface area (Å²) in [5, 5.41) is 0. The maximum atomic E-state index is 6.07. The summed E-state index contributed by atoms with van der Waals surface area (Å²) in [7, 11) is 0. The summed E-state index contributed by atoms with van der Waals surface area (Å²) in [5.74, 6) is 8.47. The summed E-state index contributed by atoms with van der Waals surface area (Å²) in [5.41, 5.74) is 5.17. The van der Waals surface area contributed by atoms with Gasteiger partial charge < -0.3 is 14.2 Å². The maximum Gasteiger partial charge on any atom is 0.218 e. The molecule has 0 fully saturated rings. The summed E-state index contributed by atoms with van der Waals surface area (Å²) in [6.45, 7) is 3.04. The van der Waals surface area contributed by atoms with Crippen LogP contribution in [0.5, 0.6) is 17.4 Å². The molecular formula is C32H29NO3. The van der Waals surface area contributed by atoms with E-state index in [1.165, 1.54) is 11.1 Å². The van der Waals surface area contributed by atoms with Crippen LogP contribution in [0.1, 0.15) is 41.3 Å². The predicted octanol–water partition coefficient (Wildman–Crippen LogP) is 6.40. The fraction of sp³-hybridized carbons (Fsp3) is 0.219. The number of hydrogen-bond donors (Lipinski definition) is 0. The highest BCUT2D eigenvalue weighted by Gasteiger charge is 2.23. The van der Waals surface area contributed by atoms with Crippen molar-refractivity contribution in [3.8, 4) is 29.2 Å². The number of nitrogens with zero attached hydrogens (tertiary/aromatic N) is 1. The van der Waals surface area contributed by atoms with Gasteiger partial charge in [-0.3, -0.25) is 0 Å². The van der Waals surface area contributed by atoms with Crippen LogP contribution in [0.25, 0.3) is 0 Å². The molecule has 1 aliphatic heterocycles. The molecule has 4 heteroatoms. The molecule has 0 radical (unpaired) electrons. The molecule has 1 aliphatic rings. The minimum absolute atomic E-state index is 0.0470. The molecule has 0 N–H and O–H groups in total. The van der Waals surface area contributed by atoms with E-state index in [-0.39, 0.29) is 6.10 Å². The van der Waals surface area contributed by atoms with Gasteiger partial charge in [-0.2, -0.15) is 0 Å². The van der Waals surface area contributed by atoms with Gasteiger partial charge in [-0.25, -0.2) is 4.98 Å². The molecule has 4 aromatic rings. The number of aromatic nitrogens is 1. The van der Waals surface area contributed by atoms with Gasteiger partial charge in [0.05, 0.1) is 0 Å². The number of ether oxygens (including phenoxy) is 3. The zero-order chi connectivity index (χ0) is 24.6. The molecule has 1 atom stereocenters. The van der Waals surface area contributed by atoms with Crippen LogP contribution in [-0.4, -0.2) is 17.7 Å². The van der Waals surface area contributed by atoms with E-state index in [4.69, 9.17) is 14.2 Å². The fourth-order valence-corrected chi connectivity index (χ4v) is 4.15. The lowest BCUT2D eigenvalue weighted by Crippen LogP contribution is -2.22. The molecule has 180 valence electrons. The molecule has 1 aromatic heterocycles. The standard InChI is InChI=1S/C32H29NO3/c1-2-8-24-13-15-25(16-14-24)17-18-28-20-29(34-22-26-9-4-3-5-10-26)21-32(33-28)35-23-30-19-27-11-6-7-12-31(27)36-30/h3-7,9-16,20-21,30H,2,8,19,22-23H2,1H3. The topological polar surface area (TPSA) is 40.6 Å². The first kappa shape index (κ1) is 23.5. The van der Waals surface area contributed by atoms with Gasteiger partial charge >= 0.3 is 0 Å². The maximum absolute atomic E-state index is 6.07. The summed E-state index contributed by atoms with van der Waals surface area (Å²) in [6.07, 6.45) is 2.98. The Morgan fingerprint density at radius 1 is 0.861 bits per heavy atom. The van der Waals surface area contributed by atoms with Crippen molar-refractivity contribution in [2.45, 2.75) is 38.9 Å². The SMILES string of the molecule is CCCc1ccc(C#Cc2cc(OCc3ccccc3)cc(OCC3Cc4ccccc4O3)n2)cc1. The molecule has 36 heavy (non-hydrogen) atoms. The first-order valence-electron chi connectivity index (χ1n) is 12.4. The second-order valence-electron chi connectivity index (χ2n) is 8.86. The Bertz CT molecular complexity index is 1330. The third-order valence-electron chi connectivity index (χ3n) is 5.98. The lowest BCUT2D eigenvalue weighted by atomic mass is 10.1. The number of para-hydroxylation sites is 1. The molecule has 0 aliphatic carbocycles. The highest BCUT2D eigenvalue weighted by atomic mass is 16.5. The molecule has 0 saturated carbocycles. The number of rotatable bonds is 8. The van der Waals surface area contributed by atoms with Crippen LogP contribution in [0.4, 0.5) is 0 Å². The van der Waals surface area contributed by atoms with Gasteiger partial charge in [-0.05, 0) is 47.2 Å². The largest absolute Gasteiger partial charge is 0.489 e. The van der Waals surface area contributed by atoms with E-state index >= 15 is 0 Å². The molecule has 5 rings (SSSR count). The lowest BCUT2D eigenvalue weighted by Gasteiger charge is -2.13. The molecule has 3 aromatic carbocycles. The van der Waals surface area contributed by atoms with Crippen LogP contribution in [-0.2, 0) is 19.4 Å². The molecule has 0 spiro atoms. The highest BCUT2D eigenvalue weighted by Crippen LogP contribution is 2.29. The Morgan fingerprint density at radius 3 is 2.47 bits per heavy atom. The summed E-state index contributed by atoms with van der Waals surface area (Å²) >= 11 is 0. The van der Waals surface area contributed by atoms with Crippen LogP contribution < -0.4 is 14.2 Å². The molecule has 4 nitrogen and oxygen atoms in total. The quantitative estimate of drug-likeness (QED) is 0.277. The first-order valence-corrected chi connectivity index (χ1v) is 12.4. The molecule has 2 heterocycles. The lowest BCUT2D eigenvalue weighted by molar-refractivity contribution is 0.144. The van der Waals surface area contributed by atoms with E-state index < -0.39 is 0 Å². The second kappa shape index (κ2) is 11.5. The Hall–Kier alpha value is -4.23. The molecule has 0 amide bonds. The van der Waals surface area contributed by atoms with Crippen molar-refractivity contribution in [2.24, 2.45) is 0 Å². The minimum Gasteiger partial charge on any atom is -0.489 e. The van der Waals surface area contributed by atoms with E-state index in [1.54, 1.807) is 0 Å². The summed E-state index contributed by atoms with van der Waals surface area (Å²) in [4.78, 5) is 4.63. The minimum atomic E-state index is -0.0470. The zero-order valence-corrected chi connectivity index (χ0v) is 20.4. The van der Waals surface area contributed by atoms with Gasteiger partial charge in [0, 0.05) is 24.1 Å². The van der Waals surface area contributed by atoms with Crippen LogP contribution in [0.2, 0.25) is 0 Å². The van der Waals surface area contributed by atoms with E-state index in [1.807, 2.05) is 60.7 Å². The van der Waals surface area contributed by atoms with Crippen molar-refractivity contribution in [1.82, 2.24) is 4.98 Å². The van der Waals surface area contributed by atoms with Gasteiger partial charge in [0.2, 0.25) is 5.88 Å². The highest BCUT2D eigenvalue weighted by molar-refractivity contribution is 5.44. The van der Waals surface area contributed by atoms with Crippen molar-refractivity contribution in [3.05, 3.63) is 119 Å².